The van der Waals surface area contributed by atoms with E-state index in [1.807, 2.05) is 97.2 Å². The highest BCUT2D eigenvalue weighted by Crippen LogP contribution is 2.39. The van der Waals surface area contributed by atoms with Crippen LogP contribution >= 0.6 is 0 Å². The summed E-state index contributed by atoms with van der Waals surface area (Å²) < 4.78 is 10.9. The quantitative estimate of drug-likeness (QED) is 0.196. The van der Waals surface area contributed by atoms with Crippen LogP contribution in [0.15, 0.2) is 152 Å². The summed E-state index contributed by atoms with van der Waals surface area (Å²) in [6, 6.07) is 49.1. The van der Waals surface area contributed by atoms with Gasteiger partial charge in [-0.1, -0.05) is 72.8 Å². The van der Waals surface area contributed by atoms with Crippen molar-refractivity contribution in [3.63, 3.8) is 0 Å². The summed E-state index contributed by atoms with van der Waals surface area (Å²) in [5, 5.41) is 14.5. The fourth-order valence-corrected chi connectivity index (χ4v) is 6.61. The van der Waals surface area contributed by atoms with E-state index in [2.05, 4.69) is 68.7 Å². The van der Waals surface area contributed by atoms with Crippen LogP contribution in [0.5, 0.6) is 11.5 Å². The van der Waals surface area contributed by atoms with Gasteiger partial charge in [0.2, 0.25) is 0 Å². The number of hydrogen-bond acceptors (Lipinski definition) is 4. The predicted octanol–water partition coefficient (Wildman–Crippen LogP) is 10.0. The maximum Gasteiger partial charge on any atom is 0.147 e. The number of nitriles is 1. The second-order valence-corrected chi connectivity index (χ2v) is 11.4. The molecular formula is C41H25N5O. The lowest BCUT2D eigenvalue weighted by Crippen LogP contribution is -1.98. The Balaban J connectivity index is 1.20. The maximum atomic E-state index is 10.3. The van der Waals surface area contributed by atoms with Gasteiger partial charge < -0.3 is 4.74 Å². The standard InChI is InChI=1S/C41H25N5O/c42-25-29-22-34-32-13-5-7-15-36(32)46(41-20-17-28(26-44-41)27-10-2-1-3-11-27)38(34)24-39(29)47-30-18-19-33-31-12-4-6-14-35(31)45(37(33)23-30)40-16-8-9-21-43-40/h1-24,26H. The van der Waals surface area contributed by atoms with Gasteiger partial charge in [0, 0.05) is 51.6 Å². The third-order valence-corrected chi connectivity index (χ3v) is 8.73. The molecule has 6 heteroatoms. The van der Waals surface area contributed by atoms with Crippen LogP contribution in [0.2, 0.25) is 0 Å². The van der Waals surface area contributed by atoms with Crippen LogP contribution in [0.25, 0.3) is 66.4 Å². The zero-order valence-electron chi connectivity index (χ0n) is 25.1. The number of para-hydroxylation sites is 2. The molecular weight excluding hydrogens is 578 g/mol. The minimum Gasteiger partial charge on any atom is -0.456 e. The minimum absolute atomic E-state index is 0.457. The van der Waals surface area contributed by atoms with E-state index in [0.29, 0.717) is 17.1 Å². The first-order chi connectivity index (χ1) is 23.3. The fourth-order valence-electron chi connectivity index (χ4n) is 6.61. The smallest absolute Gasteiger partial charge is 0.147 e. The van der Waals surface area contributed by atoms with Gasteiger partial charge in [-0.15, -0.1) is 0 Å². The van der Waals surface area contributed by atoms with Crippen molar-refractivity contribution in [1.29, 1.82) is 5.26 Å². The molecule has 0 unspecified atom stereocenters. The van der Waals surface area contributed by atoms with Crippen LogP contribution in [0.3, 0.4) is 0 Å². The number of ether oxygens (including phenoxy) is 1. The lowest BCUT2D eigenvalue weighted by molar-refractivity contribution is 0.482. The lowest BCUT2D eigenvalue weighted by atomic mass is 10.1. The van der Waals surface area contributed by atoms with Crippen LogP contribution < -0.4 is 4.74 Å². The number of benzene rings is 5. The molecule has 0 aliphatic rings. The van der Waals surface area contributed by atoms with Crippen LogP contribution in [0.4, 0.5) is 0 Å². The highest BCUT2D eigenvalue weighted by Gasteiger charge is 2.19. The second-order valence-electron chi connectivity index (χ2n) is 11.4. The van der Waals surface area contributed by atoms with Gasteiger partial charge in [0.25, 0.3) is 0 Å². The Labute approximate surface area is 270 Å². The van der Waals surface area contributed by atoms with Crippen LogP contribution in [0.1, 0.15) is 5.56 Å². The van der Waals surface area contributed by atoms with Crippen molar-refractivity contribution in [3.8, 4) is 40.3 Å². The van der Waals surface area contributed by atoms with Crippen molar-refractivity contribution in [2.75, 3.05) is 0 Å². The number of pyridine rings is 2. The summed E-state index contributed by atoms with van der Waals surface area (Å²) in [7, 11) is 0. The Morgan fingerprint density at radius 3 is 1.87 bits per heavy atom. The van der Waals surface area contributed by atoms with Crippen molar-refractivity contribution >= 4 is 43.6 Å². The molecule has 0 amide bonds. The summed E-state index contributed by atoms with van der Waals surface area (Å²) in [6.45, 7) is 0. The summed E-state index contributed by atoms with van der Waals surface area (Å²) in [4.78, 5) is 9.54. The van der Waals surface area contributed by atoms with E-state index in [1.54, 1.807) is 6.20 Å². The minimum atomic E-state index is 0.457. The topological polar surface area (TPSA) is 68.7 Å². The van der Waals surface area contributed by atoms with Gasteiger partial charge in [0.1, 0.15) is 29.2 Å². The number of rotatable bonds is 5. The number of hydrogen-bond donors (Lipinski definition) is 0. The van der Waals surface area contributed by atoms with Gasteiger partial charge in [-0.3, -0.25) is 9.13 Å². The molecule has 0 fully saturated rings. The van der Waals surface area contributed by atoms with Gasteiger partial charge in [-0.25, -0.2) is 9.97 Å². The van der Waals surface area contributed by atoms with Gasteiger partial charge in [0.15, 0.2) is 0 Å². The molecule has 0 N–H and O–H groups in total. The first-order valence-electron chi connectivity index (χ1n) is 15.4. The summed E-state index contributed by atoms with van der Waals surface area (Å²) >= 11 is 0. The molecule has 47 heavy (non-hydrogen) atoms. The zero-order valence-corrected chi connectivity index (χ0v) is 25.1. The first-order valence-corrected chi connectivity index (χ1v) is 15.4. The lowest BCUT2D eigenvalue weighted by Gasteiger charge is -2.12. The van der Waals surface area contributed by atoms with E-state index < -0.39 is 0 Å². The average molecular weight is 604 g/mol. The van der Waals surface area contributed by atoms with E-state index >= 15 is 0 Å². The zero-order chi connectivity index (χ0) is 31.3. The molecule has 4 heterocycles. The van der Waals surface area contributed by atoms with Crippen LogP contribution in [-0.2, 0) is 0 Å². The third-order valence-electron chi connectivity index (χ3n) is 8.73. The van der Waals surface area contributed by atoms with E-state index in [0.717, 1.165) is 66.4 Å². The van der Waals surface area contributed by atoms with Crippen LogP contribution in [0, 0.1) is 11.3 Å². The van der Waals surface area contributed by atoms with Crippen molar-refractivity contribution in [2.45, 2.75) is 0 Å². The largest absolute Gasteiger partial charge is 0.456 e. The SMILES string of the molecule is N#Cc1cc2c3ccccc3n(-c3ccc(-c4ccccc4)cn3)c2cc1Oc1ccc2c3ccccc3n(-c3ccccn3)c2c1. The van der Waals surface area contributed by atoms with Crippen molar-refractivity contribution in [2.24, 2.45) is 0 Å². The summed E-state index contributed by atoms with van der Waals surface area (Å²) in [6.07, 6.45) is 3.70. The Morgan fingerprint density at radius 1 is 0.511 bits per heavy atom. The second kappa shape index (κ2) is 10.7. The maximum absolute atomic E-state index is 10.3. The monoisotopic (exact) mass is 603 g/mol. The van der Waals surface area contributed by atoms with Crippen molar-refractivity contribution in [1.82, 2.24) is 19.1 Å². The van der Waals surface area contributed by atoms with E-state index in [4.69, 9.17) is 9.72 Å². The number of nitrogens with zero attached hydrogens (tertiary/aromatic N) is 5. The molecule has 4 aromatic heterocycles. The first kappa shape index (κ1) is 26.7. The summed E-state index contributed by atoms with van der Waals surface area (Å²) in [5.41, 5.74) is 6.56. The molecule has 0 aliphatic carbocycles. The van der Waals surface area contributed by atoms with Gasteiger partial charge >= 0.3 is 0 Å². The molecule has 220 valence electrons. The Morgan fingerprint density at radius 2 is 1.17 bits per heavy atom. The molecule has 0 atom stereocenters. The van der Waals surface area contributed by atoms with E-state index in [1.165, 1.54) is 0 Å². The van der Waals surface area contributed by atoms with Crippen molar-refractivity contribution in [3.05, 3.63) is 157 Å². The Kier molecular flexibility index (Phi) is 6.09. The molecule has 0 radical (unpaired) electrons. The van der Waals surface area contributed by atoms with Gasteiger partial charge in [0.05, 0.1) is 27.6 Å². The van der Waals surface area contributed by atoms with Gasteiger partial charge in [-0.2, -0.15) is 5.26 Å². The summed E-state index contributed by atoms with van der Waals surface area (Å²) in [5.74, 6) is 2.71. The van der Waals surface area contributed by atoms with Crippen molar-refractivity contribution < 1.29 is 4.74 Å². The molecule has 5 aromatic carbocycles. The normalized spacial score (nSPS) is 11.4. The Bertz CT molecular complexity index is 2650. The van der Waals surface area contributed by atoms with E-state index in [9.17, 15) is 5.26 Å². The number of fused-ring (bicyclic) bond motifs is 6. The fraction of sp³-hybridized carbons (Fsp3) is 0. The third kappa shape index (κ3) is 4.33. The Hall–Kier alpha value is -6.71. The molecule has 0 bridgehead atoms. The highest BCUT2D eigenvalue weighted by molar-refractivity contribution is 6.11. The molecule has 9 aromatic rings. The molecule has 0 aliphatic heterocycles. The average Bonchev–Trinajstić information content (AvgIpc) is 3.64. The highest BCUT2D eigenvalue weighted by atomic mass is 16.5. The molecule has 0 saturated heterocycles. The molecule has 0 spiro atoms. The van der Waals surface area contributed by atoms with E-state index in [-0.39, 0.29) is 0 Å². The predicted molar refractivity (Wildman–Crippen MR) is 187 cm³/mol. The van der Waals surface area contributed by atoms with Gasteiger partial charge in [-0.05, 0) is 60.2 Å². The number of aromatic nitrogens is 4. The molecule has 9 rings (SSSR count). The molecule has 6 nitrogen and oxygen atoms in total. The van der Waals surface area contributed by atoms with Crippen LogP contribution in [-0.4, -0.2) is 19.1 Å². The molecule has 0 saturated carbocycles.